The molecule has 0 heterocycles. The van der Waals surface area contributed by atoms with Crippen molar-refractivity contribution in [3.8, 4) is 11.5 Å². The summed E-state index contributed by atoms with van der Waals surface area (Å²) < 4.78 is 16.9. The summed E-state index contributed by atoms with van der Waals surface area (Å²) in [5.41, 5.74) is 1.08. The largest absolute Gasteiger partial charge is 0.508 e. The molecule has 1 rings (SSSR count). The average Bonchev–Trinajstić information content (AvgIpc) is 3.09. The number of hydrogen-bond acceptors (Lipinski definition) is 6. The van der Waals surface area contributed by atoms with E-state index in [4.69, 9.17) is 14.2 Å². The highest BCUT2D eigenvalue weighted by molar-refractivity contribution is 5.69. The fraction of sp³-hybridized carbons (Fsp3) is 0.822. The Balaban J connectivity index is 2.40. The smallest absolute Gasteiger partial charge is 0.305 e. The third kappa shape index (κ3) is 21.8. The molecule has 0 amide bonds. The van der Waals surface area contributed by atoms with Crippen LogP contribution in [0.15, 0.2) is 12.1 Å². The molecule has 0 atom stereocenters. The highest BCUT2D eigenvalue weighted by Crippen LogP contribution is 2.44. The van der Waals surface area contributed by atoms with Crippen molar-refractivity contribution in [1.82, 2.24) is 0 Å². The number of carbonyl (C=O) groups excluding carboxylic acids is 2. The van der Waals surface area contributed by atoms with E-state index in [1.54, 1.807) is 7.11 Å². The zero-order chi connectivity index (χ0) is 37.8. The Morgan fingerprint density at radius 3 is 1.25 bits per heavy atom. The number of benzene rings is 1. The summed E-state index contributed by atoms with van der Waals surface area (Å²) in [4.78, 5) is 24.8. The molecule has 1 N–H and O–H groups in total. The molecule has 0 radical (unpaired) electrons. The number of unbranched alkanes of at least 4 members (excludes halogenated alkanes) is 18. The van der Waals surface area contributed by atoms with Crippen molar-refractivity contribution >= 4 is 11.9 Å². The number of phenols is 1. The molecule has 0 aliphatic rings. The second-order valence-electron chi connectivity index (χ2n) is 16.3. The summed E-state index contributed by atoms with van der Waals surface area (Å²) in [5, 5.41) is 11.2. The Morgan fingerprint density at radius 2 is 0.882 bits per heavy atom. The van der Waals surface area contributed by atoms with Gasteiger partial charge in [-0.3, -0.25) is 9.59 Å². The molecule has 6 nitrogen and oxygen atoms in total. The first-order valence-corrected chi connectivity index (χ1v) is 21.2. The lowest BCUT2D eigenvalue weighted by Crippen LogP contribution is -2.22. The molecule has 0 aliphatic carbocycles. The maximum Gasteiger partial charge on any atom is 0.305 e. The highest BCUT2D eigenvalue weighted by atomic mass is 16.5. The molecule has 51 heavy (non-hydrogen) atoms. The van der Waals surface area contributed by atoms with Crippen molar-refractivity contribution in [2.75, 3.05) is 20.3 Å². The lowest BCUT2D eigenvalue weighted by molar-refractivity contribution is -0.144. The monoisotopic (exact) mass is 717 g/mol. The van der Waals surface area contributed by atoms with Crippen molar-refractivity contribution in [3.05, 3.63) is 23.3 Å². The summed E-state index contributed by atoms with van der Waals surface area (Å²) >= 11 is 0. The van der Waals surface area contributed by atoms with Crippen LogP contribution in [0.2, 0.25) is 0 Å². The molecular weight excluding hydrogens is 636 g/mol. The van der Waals surface area contributed by atoms with Crippen LogP contribution in [0.5, 0.6) is 11.5 Å². The first-order chi connectivity index (χ1) is 24.5. The van der Waals surface area contributed by atoms with Gasteiger partial charge in [0.25, 0.3) is 0 Å². The molecular formula is C45H80O6. The Morgan fingerprint density at radius 1 is 0.529 bits per heavy atom. The number of hydrogen-bond donors (Lipinski definition) is 1. The van der Waals surface area contributed by atoms with E-state index >= 15 is 0 Å². The maximum atomic E-state index is 12.4. The Hall–Kier alpha value is -2.24. The number of aromatic hydroxyl groups is 1. The molecule has 0 unspecified atom stereocenters. The summed E-state index contributed by atoms with van der Waals surface area (Å²) in [7, 11) is 1.67. The molecule has 0 saturated carbocycles. The zero-order valence-corrected chi connectivity index (χ0v) is 34.4. The van der Waals surface area contributed by atoms with E-state index in [9.17, 15) is 14.7 Å². The van der Waals surface area contributed by atoms with E-state index in [2.05, 4.69) is 41.5 Å². The topological polar surface area (TPSA) is 82.1 Å². The predicted molar refractivity (Wildman–Crippen MR) is 214 cm³/mol. The Bertz CT molecular complexity index is 1050. The quantitative estimate of drug-likeness (QED) is 0.0576. The van der Waals surface area contributed by atoms with E-state index in [-0.39, 0.29) is 28.5 Å². The number of phenolic OH excluding ortho intramolecular Hbond substituents is 1. The molecule has 0 saturated heterocycles. The van der Waals surface area contributed by atoms with Gasteiger partial charge in [-0.25, -0.2) is 0 Å². The van der Waals surface area contributed by atoms with Gasteiger partial charge in [0.2, 0.25) is 0 Å². The normalized spacial score (nSPS) is 11.9. The van der Waals surface area contributed by atoms with Gasteiger partial charge in [-0.2, -0.15) is 0 Å². The summed E-state index contributed by atoms with van der Waals surface area (Å²) in [6, 6.07) is 3.79. The van der Waals surface area contributed by atoms with Gasteiger partial charge in [-0.15, -0.1) is 0 Å². The van der Waals surface area contributed by atoms with Gasteiger partial charge in [-0.1, -0.05) is 157 Å². The van der Waals surface area contributed by atoms with Gasteiger partial charge in [0, 0.05) is 24.0 Å². The van der Waals surface area contributed by atoms with Crippen LogP contribution in [-0.4, -0.2) is 37.4 Å². The maximum absolute atomic E-state index is 12.4. The minimum Gasteiger partial charge on any atom is -0.508 e. The van der Waals surface area contributed by atoms with Crippen LogP contribution in [0.4, 0.5) is 0 Å². The summed E-state index contributed by atoms with van der Waals surface area (Å²) in [6.45, 7) is 14.0. The zero-order valence-electron chi connectivity index (χ0n) is 34.4. The SMILES string of the molecule is CCCCCCCCCCCCOC(=O)CCCC(C)(C)c1cc(OC)c(C(C)(C)CCCC(=O)OCCCCCCCCCCCC)cc1O. The minimum atomic E-state index is -0.352. The van der Waals surface area contributed by atoms with Crippen LogP contribution in [-0.2, 0) is 29.9 Å². The van der Waals surface area contributed by atoms with Crippen molar-refractivity contribution in [1.29, 1.82) is 0 Å². The number of esters is 2. The third-order valence-electron chi connectivity index (χ3n) is 10.7. The molecule has 0 aliphatic heterocycles. The van der Waals surface area contributed by atoms with Crippen molar-refractivity contribution in [2.45, 2.75) is 219 Å². The highest BCUT2D eigenvalue weighted by Gasteiger charge is 2.30. The standard InChI is InChI=1S/C45H80O6/c1-8-10-12-14-16-18-20-22-24-26-34-50-42(47)30-28-32-44(3,4)38-37-41(49-7)39(36-40(38)46)45(5,6)33-29-31-43(48)51-35-27-25-23-21-19-17-15-13-11-9-2/h36-37,46H,8-35H2,1-7H3. The average molecular weight is 717 g/mol. The van der Waals surface area contributed by atoms with Crippen LogP contribution < -0.4 is 4.74 Å². The van der Waals surface area contributed by atoms with Crippen LogP contribution in [0, 0.1) is 0 Å². The molecule has 296 valence electrons. The summed E-state index contributed by atoms with van der Waals surface area (Å²) in [5.74, 6) is 0.711. The van der Waals surface area contributed by atoms with Gasteiger partial charge in [0.05, 0.1) is 20.3 Å². The molecule has 1 aromatic rings. The lowest BCUT2D eigenvalue weighted by Gasteiger charge is -2.31. The first-order valence-electron chi connectivity index (χ1n) is 21.2. The number of methoxy groups -OCH3 is 1. The van der Waals surface area contributed by atoms with E-state index < -0.39 is 0 Å². The van der Waals surface area contributed by atoms with E-state index in [1.807, 2.05) is 12.1 Å². The van der Waals surface area contributed by atoms with Gasteiger partial charge in [0.15, 0.2) is 0 Å². The minimum absolute atomic E-state index is 0.128. The van der Waals surface area contributed by atoms with Crippen LogP contribution in [0.3, 0.4) is 0 Å². The molecule has 0 aromatic heterocycles. The second kappa shape index (κ2) is 28.3. The van der Waals surface area contributed by atoms with Gasteiger partial charge in [-0.05, 0) is 61.5 Å². The molecule has 0 spiro atoms. The molecule has 0 fully saturated rings. The second-order valence-corrected chi connectivity index (χ2v) is 16.3. The molecule has 6 heteroatoms. The molecule has 0 bridgehead atoms. The van der Waals surface area contributed by atoms with Gasteiger partial charge in [0.1, 0.15) is 11.5 Å². The lowest BCUT2D eigenvalue weighted by atomic mass is 9.75. The predicted octanol–water partition coefficient (Wildman–Crippen LogP) is 13.2. The van der Waals surface area contributed by atoms with E-state index in [0.29, 0.717) is 38.9 Å². The van der Waals surface area contributed by atoms with Crippen LogP contribution in [0.25, 0.3) is 0 Å². The number of carbonyl (C=O) groups is 2. The fourth-order valence-corrected chi connectivity index (χ4v) is 7.12. The van der Waals surface area contributed by atoms with Crippen molar-refractivity contribution in [2.24, 2.45) is 0 Å². The molecule has 1 aromatic carbocycles. The summed E-state index contributed by atoms with van der Waals surface area (Å²) in [6.07, 6.45) is 28.9. The number of ether oxygens (including phenoxy) is 3. The van der Waals surface area contributed by atoms with Crippen LogP contribution in [0.1, 0.15) is 220 Å². The van der Waals surface area contributed by atoms with Gasteiger partial charge >= 0.3 is 11.9 Å². The van der Waals surface area contributed by atoms with Gasteiger partial charge < -0.3 is 19.3 Å². The van der Waals surface area contributed by atoms with Crippen LogP contribution >= 0.6 is 0 Å². The number of rotatable bonds is 33. The Kier molecular flexibility index (Phi) is 25.9. The van der Waals surface area contributed by atoms with Crippen molar-refractivity contribution in [3.63, 3.8) is 0 Å². The Labute approximate surface area is 314 Å². The van der Waals surface area contributed by atoms with E-state index in [0.717, 1.165) is 55.4 Å². The van der Waals surface area contributed by atoms with Crippen molar-refractivity contribution < 1.29 is 28.9 Å². The fourth-order valence-electron chi connectivity index (χ4n) is 7.12. The first kappa shape index (κ1) is 46.8. The van der Waals surface area contributed by atoms with E-state index in [1.165, 1.54) is 103 Å². The third-order valence-corrected chi connectivity index (χ3v) is 10.7.